The SMILES string of the molecule is O=C(/C=C(\[O-])c1ccc(C(F)(F)F)c(F)c1)C1(C(F)(F)F)C(F)(F)C(F)(F)C(F)(F)C1(F)F. The summed E-state index contributed by atoms with van der Waals surface area (Å²) in [4.78, 5) is 11.8. The molecular formula is C16H4F15O2-. The Hall–Kier alpha value is -2.62. The Morgan fingerprint density at radius 3 is 1.55 bits per heavy atom. The van der Waals surface area contributed by atoms with E-state index in [2.05, 4.69) is 0 Å². The average molecular weight is 513 g/mol. The van der Waals surface area contributed by atoms with Gasteiger partial charge >= 0.3 is 36.0 Å². The normalized spacial score (nSPS) is 23.4. The van der Waals surface area contributed by atoms with Crippen molar-refractivity contribution in [1.29, 1.82) is 0 Å². The first-order chi connectivity index (χ1) is 14.4. The highest BCUT2D eigenvalue weighted by Crippen LogP contribution is 2.75. The van der Waals surface area contributed by atoms with Crippen molar-refractivity contribution in [2.45, 2.75) is 36.0 Å². The molecule has 2 nitrogen and oxygen atoms in total. The van der Waals surface area contributed by atoms with Crippen molar-refractivity contribution in [3.8, 4) is 0 Å². The number of halogens is 15. The fourth-order valence-corrected chi connectivity index (χ4v) is 3.08. The first kappa shape index (κ1) is 26.6. The Kier molecular flexibility index (Phi) is 5.60. The van der Waals surface area contributed by atoms with Gasteiger partial charge in [-0.25, -0.2) is 4.39 Å². The lowest BCUT2D eigenvalue weighted by Gasteiger charge is -2.37. The third-order valence-electron chi connectivity index (χ3n) is 4.74. The van der Waals surface area contributed by atoms with E-state index in [1.165, 1.54) is 0 Å². The summed E-state index contributed by atoms with van der Waals surface area (Å²) in [5.74, 6) is -38.7. The van der Waals surface area contributed by atoms with E-state index >= 15 is 0 Å². The number of carbonyl (C=O) groups excluding carboxylic acids is 1. The van der Waals surface area contributed by atoms with E-state index in [1.807, 2.05) is 0 Å². The predicted molar refractivity (Wildman–Crippen MR) is 72.7 cm³/mol. The lowest BCUT2D eigenvalue weighted by atomic mass is 9.74. The lowest BCUT2D eigenvalue weighted by molar-refractivity contribution is -0.341. The Morgan fingerprint density at radius 2 is 1.21 bits per heavy atom. The van der Waals surface area contributed by atoms with Crippen LogP contribution in [-0.2, 0) is 11.0 Å². The molecule has 0 aliphatic heterocycles. The summed E-state index contributed by atoms with van der Waals surface area (Å²) in [6.07, 6.45) is -14.3. The van der Waals surface area contributed by atoms with Crippen LogP contribution in [0.4, 0.5) is 65.9 Å². The van der Waals surface area contributed by atoms with Gasteiger partial charge in [-0.3, -0.25) is 4.79 Å². The van der Waals surface area contributed by atoms with E-state index in [9.17, 15) is 75.8 Å². The minimum absolute atomic E-state index is 0.0353. The zero-order valence-corrected chi connectivity index (χ0v) is 14.8. The summed E-state index contributed by atoms with van der Waals surface area (Å²) in [5, 5.41) is 11.8. The van der Waals surface area contributed by atoms with Crippen molar-refractivity contribution in [3.05, 3.63) is 41.2 Å². The van der Waals surface area contributed by atoms with Crippen molar-refractivity contribution < 1.29 is 75.8 Å². The molecule has 0 saturated heterocycles. The molecule has 186 valence electrons. The van der Waals surface area contributed by atoms with Crippen LogP contribution in [0.5, 0.6) is 0 Å². The quantitative estimate of drug-likeness (QED) is 0.316. The molecule has 1 saturated carbocycles. The second kappa shape index (κ2) is 6.94. The molecule has 1 aliphatic rings. The molecule has 0 heterocycles. The van der Waals surface area contributed by atoms with Gasteiger partial charge in [0, 0.05) is 0 Å². The Labute approximate surface area is 171 Å². The number of rotatable bonds is 3. The molecule has 0 bridgehead atoms. The van der Waals surface area contributed by atoms with Crippen LogP contribution in [0.25, 0.3) is 5.76 Å². The average Bonchev–Trinajstić information content (AvgIpc) is 2.64. The van der Waals surface area contributed by atoms with Crippen LogP contribution in [-0.4, -0.2) is 35.6 Å². The highest BCUT2D eigenvalue weighted by Gasteiger charge is 3.06. The number of ketones is 1. The van der Waals surface area contributed by atoms with Crippen LogP contribution in [0.3, 0.4) is 0 Å². The van der Waals surface area contributed by atoms with Crippen molar-refractivity contribution in [3.63, 3.8) is 0 Å². The summed E-state index contributed by atoms with van der Waals surface area (Å²) in [6, 6.07) is -0.656. The van der Waals surface area contributed by atoms with Gasteiger partial charge < -0.3 is 5.11 Å². The molecule has 0 N–H and O–H groups in total. The highest BCUT2D eigenvalue weighted by atomic mass is 19.4. The highest BCUT2D eigenvalue weighted by molar-refractivity contribution is 6.02. The third kappa shape index (κ3) is 3.09. The maximum Gasteiger partial charge on any atom is 0.419 e. The first-order valence-electron chi connectivity index (χ1n) is 7.81. The Morgan fingerprint density at radius 1 is 0.788 bits per heavy atom. The van der Waals surface area contributed by atoms with Crippen LogP contribution in [0.15, 0.2) is 24.3 Å². The summed E-state index contributed by atoms with van der Waals surface area (Å²) >= 11 is 0. The molecule has 17 heteroatoms. The standard InChI is InChI=1S/C16H5F15O2/c17-7-3-5(1-2-6(7)11(18,19)20)8(32)4-9(33)10(16(29,30)31)12(21,22)14(25,26)15(27,28)13(10,23)24/h1-4,32H/p-1/b8-4-. The van der Waals surface area contributed by atoms with Gasteiger partial charge in [-0.05, 0) is 23.8 Å². The van der Waals surface area contributed by atoms with E-state index in [-0.39, 0.29) is 12.1 Å². The molecule has 2 rings (SSSR count). The molecule has 1 aliphatic carbocycles. The molecule has 33 heavy (non-hydrogen) atoms. The first-order valence-corrected chi connectivity index (χ1v) is 7.81. The van der Waals surface area contributed by atoms with Gasteiger partial charge in [0.25, 0.3) is 5.41 Å². The van der Waals surface area contributed by atoms with Crippen LogP contribution in [0.2, 0.25) is 0 Å². The van der Waals surface area contributed by atoms with Gasteiger partial charge in [0.05, 0.1) is 5.56 Å². The van der Waals surface area contributed by atoms with E-state index in [0.29, 0.717) is 0 Å². The topological polar surface area (TPSA) is 40.1 Å². The molecule has 0 atom stereocenters. The van der Waals surface area contributed by atoms with Gasteiger partial charge in [-0.15, -0.1) is 0 Å². The third-order valence-corrected chi connectivity index (χ3v) is 4.74. The zero-order chi connectivity index (χ0) is 26.2. The van der Waals surface area contributed by atoms with Gasteiger partial charge in [0.1, 0.15) is 5.82 Å². The summed E-state index contributed by atoms with van der Waals surface area (Å²) in [5.41, 5.74) is -10.8. The summed E-state index contributed by atoms with van der Waals surface area (Å²) in [6.45, 7) is 0. The van der Waals surface area contributed by atoms with Gasteiger partial charge in [-0.2, -0.15) is 61.5 Å². The molecule has 1 aromatic rings. The van der Waals surface area contributed by atoms with Crippen molar-refractivity contribution >= 4 is 11.5 Å². The number of benzene rings is 1. The summed E-state index contributed by atoms with van der Waals surface area (Å²) < 4.78 is 200. The maximum absolute atomic E-state index is 13.9. The molecule has 1 aromatic carbocycles. The molecule has 0 radical (unpaired) electrons. The Balaban J connectivity index is 2.77. The smallest absolute Gasteiger partial charge is 0.419 e. The van der Waals surface area contributed by atoms with E-state index in [1.54, 1.807) is 0 Å². The lowest BCUT2D eigenvalue weighted by Crippen LogP contribution is -2.64. The van der Waals surface area contributed by atoms with E-state index < -0.39 is 82.1 Å². The number of hydrogen-bond donors (Lipinski definition) is 0. The monoisotopic (exact) mass is 513 g/mol. The van der Waals surface area contributed by atoms with E-state index in [4.69, 9.17) is 0 Å². The predicted octanol–water partition coefficient (Wildman–Crippen LogP) is 5.22. The molecule has 0 spiro atoms. The Bertz CT molecular complexity index is 974. The molecule has 0 unspecified atom stereocenters. The van der Waals surface area contributed by atoms with Gasteiger partial charge in [0.2, 0.25) is 0 Å². The van der Waals surface area contributed by atoms with Crippen LogP contribution < -0.4 is 5.11 Å². The van der Waals surface area contributed by atoms with Gasteiger partial charge in [-0.1, -0.05) is 11.8 Å². The van der Waals surface area contributed by atoms with Crippen molar-refractivity contribution in [2.75, 3.05) is 0 Å². The van der Waals surface area contributed by atoms with Crippen molar-refractivity contribution in [1.82, 2.24) is 0 Å². The second-order valence-electron chi connectivity index (χ2n) is 6.61. The fourth-order valence-electron chi connectivity index (χ4n) is 3.08. The second-order valence-corrected chi connectivity index (χ2v) is 6.61. The largest absolute Gasteiger partial charge is 0.872 e. The number of alkyl halides is 14. The minimum atomic E-state index is -7.53. The molecular weight excluding hydrogens is 509 g/mol. The summed E-state index contributed by atoms with van der Waals surface area (Å²) in [7, 11) is 0. The van der Waals surface area contributed by atoms with E-state index in [0.717, 1.165) is 0 Å². The minimum Gasteiger partial charge on any atom is -0.872 e. The fraction of sp³-hybridized carbons (Fsp3) is 0.438. The zero-order valence-electron chi connectivity index (χ0n) is 14.8. The number of allylic oxidation sites excluding steroid dienone is 1. The van der Waals surface area contributed by atoms with Crippen molar-refractivity contribution in [2.24, 2.45) is 5.41 Å². The van der Waals surface area contributed by atoms with Crippen LogP contribution in [0, 0.1) is 11.2 Å². The number of carbonyl (C=O) groups is 1. The van der Waals surface area contributed by atoms with Crippen LogP contribution >= 0.6 is 0 Å². The maximum atomic E-state index is 13.9. The molecule has 0 aromatic heterocycles. The van der Waals surface area contributed by atoms with Crippen LogP contribution in [0.1, 0.15) is 11.1 Å². The molecule has 0 amide bonds. The number of hydrogen-bond acceptors (Lipinski definition) is 2. The molecule has 1 fully saturated rings. The van der Waals surface area contributed by atoms with Gasteiger partial charge in [0.15, 0.2) is 5.78 Å².